The average Bonchev–Trinajstić information content (AvgIpc) is 2.53. The van der Waals surface area contributed by atoms with Crippen LogP contribution in [0.15, 0.2) is 54.1 Å². The molecule has 0 fully saturated rings. The van der Waals surface area contributed by atoms with Gasteiger partial charge in [-0.15, -0.1) is 0 Å². The number of fused-ring (bicyclic) bond motifs is 1. The lowest BCUT2D eigenvalue weighted by molar-refractivity contribution is 0.0991. The van der Waals surface area contributed by atoms with Crippen molar-refractivity contribution in [1.29, 1.82) is 0 Å². The summed E-state index contributed by atoms with van der Waals surface area (Å²) >= 11 is 0. The van der Waals surface area contributed by atoms with Gasteiger partial charge >= 0.3 is 0 Å². The zero-order chi connectivity index (χ0) is 15.0. The fourth-order valence-corrected chi connectivity index (χ4v) is 2.61. The molecule has 0 amide bonds. The third-order valence-electron chi connectivity index (χ3n) is 3.72. The Morgan fingerprint density at radius 3 is 2.24 bits per heavy atom. The molecule has 0 atom stereocenters. The summed E-state index contributed by atoms with van der Waals surface area (Å²) in [6, 6.07) is 14.3. The van der Waals surface area contributed by atoms with Crippen LogP contribution in [0.25, 0.3) is 5.57 Å². The van der Waals surface area contributed by atoms with E-state index in [2.05, 4.69) is 0 Å². The van der Waals surface area contributed by atoms with Gasteiger partial charge in [0.15, 0.2) is 11.6 Å². The number of hydrogen-bond donors (Lipinski definition) is 0. The van der Waals surface area contributed by atoms with Gasteiger partial charge in [-0.05, 0) is 30.7 Å². The third kappa shape index (κ3) is 2.07. The van der Waals surface area contributed by atoms with Crippen molar-refractivity contribution in [2.45, 2.75) is 6.92 Å². The van der Waals surface area contributed by atoms with Crippen LogP contribution in [-0.2, 0) is 0 Å². The highest BCUT2D eigenvalue weighted by Crippen LogP contribution is 2.33. The molecule has 0 radical (unpaired) electrons. The first-order chi connectivity index (χ1) is 10.1. The molecular weight excluding hydrogens is 264 g/mol. The van der Waals surface area contributed by atoms with Gasteiger partial charge in [-0.25, -0.2) is 0 Å². The maximum atomic E-state index is 12.7. The minimum Gasteiger partial charge on any atom is -0.497 e. The van der Waals surface area contributed by atoms with Crippen LogP contribution in [0.2, 0.25) is 0 Å². The Kier molecular flexibility index (Phi) is 3.18. The summed E-state index contributed by atoms with van der Waals surface area (Å²) in [5, 5.41) is 0. The van der Waals surface area contributed by atoms with Crippen LogP contribution in [-0.4, -0.2) is 18.7 Å². The highest BCUT2D eigenvalue weighted by molar-refractivity contribution is 6.40. The van der Waals surface area contributed by atoms with Crippen LogP contribution in [0, 0.1) is 0 Å². The Hall–Kier alpha value is -2.68. The van der Waals surface area contributed by atoms with Crippen molar-refractivity contribution >= 4 is 17.1 Å². The van der Waals surface area contributed by atoms with Crippen molar-refractivity contribution < 1.29 is 14.3 Å². The molecule has 0 unspecified atom stereocenters. The summed E-state index contributed by atoms with van der Waals surface area (Å²) < 4.78 is 5.13. The number of allylic oxidation sites excluding steroid dienone is 2. The Balaban J connectivity index is 2.20. The second kappa shape index (κ2) is 5.02. The van der Waals surface area contributed by atoms with Gasteiger partial charge in [0.1, 0.15) is 5.75 Å². The van der Waals surface area contributed by atoms with Crippen molar-refractivity contribution in [3.63, 3.8) is 0 Å². The number of carbonyl (C=O) groups is 2. The monoisotopic (exact) mass is 278 g/mol. The highest BCUT2D eigenvalue weighted by Gasteiger charge is 2.30. The standard InChI is InChI=1S/C18H14O3/c1-11-16(12-6-4-3-5-7-12)18(20)14-9-8-13(21-2)10-15(14)17(11)19/h3-10H,1-2H3. The molecule has 0 aromatic heterocycles. The molecule has 3 heteroatoms. The molecule has 0 spiro atoms. The first kappa shape index (κ1) is 13.3. The lowest BCUT2D eigenvalue weighted by Gasteiger charge is -2.19. The van der Waals surface area contributed by atoms with Crippen LogP contribution in [0.1, 0.15) is 33.2 Å². The largest absolute Gasteiger partial charge is 0.497 e. The molecule has 3 nitrogen and oxygen atoms in total. The van der Waals surface area contributed by atoms with Crippen LogP contribution < -0.4 is 4.74 Å². The summed E-state index contributed by atoms with van der Waals surface area (Å²) in [5.74, 6) is 0.337. The van der Waals surface area contributed by atoms with Gasteiger partial charge in [0.05, 0.1) is 7.11 Å². The van der Waals surface area contributed by atoms with Gasteiger partial charge < -0.3 is 4.74 Å². The number of rotatable bonds is 2. The first-order valence-corrected chi connectivity index (χ1v) is 6.67. The predicted octanol–water partition coefficient (Wildman–Crippen LogP) is 3.55. The molecule has 0 saturated carbocycles. The van der Waals surface area contributed by atoms with Crippen molar-refractivity contribution in [2.24, 2.45) is 0 Å². The summed E-state index contributed by atoms with van der Waals surface area (Å²) in [4.78, 5) is 25.3. The molecule has 3 rings (SSSR count). The van der Waals surface area contributed by atoms with Crippen molar-refractivity contribution in [3.8, 4) is 5.75 Å². The first-order valence-electron chi connectivity index (χ1n) is 6.67. The summed E-state index contributed by atoms with van der Waals surface area (Å²) in [6.07, 6.45) is 0. The molecule has 104 valence electrons. The second-order valence-corrected chi connectivity index (χ2v) is 4.94. The SMILES string of the molecule is COc1ccc2c(c1)C(=O)C(C)=C(c1ccccc1)C2=O. The van der Waals surface area contributed by atoms with E-state index in [1.54, 1.807) is 25.1 Å². The molecule has 2 aromatic carbocycles. The van der Waals surface area contributed by atoms with E-state index >= 15 is 0 Å². The van der Waals surface area contributed by atoms with Gasteiger partial charge in [-0.3, -0.25) is 9.59 Å². The van der Waals surface area contributed by atoms with Crippen LogP contribution in [0.3, 0.4) is 0 Å². The van der Waals surface area contributed by atoms with Crippen molar-refractivity contribution in [3.05, 3.63) is 70.8 Å². The third-order valence-corrected chi connectivity index (χ3v) is 3.72. The Morgan fingerprint density at radius 1 is 0.857 bits per heavy atom. The van der Waals surface area contributed by atoms with E-state index in [4.69, 9.17) is 4.74 Å². The fourth-order valence-electron chi connectivity index (χ4n) is 2.61. The van der Waals surface area contributed by atoms with E-state index in [0.29, 0.717) is 28.0 Å². The van der Waals surface area contributed by atoms with E-state index in [0.717, 1.165) is 5.56 Å². The van der Waals surface area contributed by atoms with Crippen LogP contribution in [0.5, 0.6) is 5.75 Å². The number of ketones is 2. The average molecular weight is 278 g/mol. The normalized spacial score (nSPS) is 14.2. The number of ether oxygens (including phenoxy) is 1. The fraction of sp³-hybridized carbons (Fsp3) is 0.111. The molecule has 1 aliphatic rings. The second-order valence-electron chi connectivity index (χ2n) is 4.94. The number of hydrogen-bond acceptors (Lipinski definition) is 3. The van der Waals surface area contributed by atoms with Crippen LogP contribution >= 0.6 is 0 Å². The van der Waals surface area contributed by atoms with Crippen molar-refractivity contribution in [1.82, 2.24) is 0 Å². The number of methoxy groups -OCH3 is 1. The topological polar surface area (TPSA) is 43.4 Å². The summed E-state index contributed by atoms with van der Waals surface area (Å²) in [5.41, 5.74) is 2.59. The molecule has 0 saturated heterocycles. The molecule has 0 N–H and O–H groups in total. The maximum absolute atomic E-state index is 12.7. The predicted molar refractivity (Wildman–Crippen MR) is 80.7 cm³/mol. The smallest absolute Gasteiger partial charge is 0.194 e. The lowest BCUT2D eigenvalue weighted by Crippen LogP contribution is -2.20. The minimum atomic E-state index is -0.123. The Morgan fingerprint density at radius 2 is 1.57 bits per heavy atom. The maximum Gasteiger partial charge on any atom is 0.194 e. The van der Waals surface area contributed by atoms with Crippen molar-refractivity contribution in [2.75, 3.05) is 7.11 Å². The molecular formula is C18H14O3. The van der Waals surface area contributed by atoms with E-state index < -0.39 is 0 Å². The number of carbonyl (C=O) groups excluding carboxylic acids is 2. The molecule has 2 aromatic rings. The summed E-state index contributed by atoms with van der Waals surface area (Å²) in [6.45, 7) is 1.70. The quantitative estimate of drug-likeness (QED) is 0.843. The number of Topliss-reactive ketones (excluding diaryl/α,β-unsaturated/α-hetero) is 2. The summed E-state index contributed by atoms with van der Waals surface area (Å²) in [7, 11) is 1.54. The highest BCUT2D eigenvalue weighted by atomic mass is 16.5. The number of benzene rings is 2. The Bertz CT molecular complexity index is 770. The van der Waals surface area contributed by atoms with E-state index in [1.807, 2.05) is 30.3 Å². The molecule has 1 aliphatic carbocycles. The lowest BCUT2D eigenvalue weighted by atomic mass is 9.82. The molecule has 21 heavy (non-hydrogen) atoms. The van der Waals surface area contributed by atoms with Gasteiger partial charge in [-0.2, -0.15) is 0 Å². The zero-order valence-electron chi connectivity index (χ0n) is 11.8. The van der Waals surface area contributed by atoms with E-state index in [9.17, 15) is 9.59 Å². The molecule has 0 heterocycles. The van der Waals surface area contributed by atoms with Gasteiger partial charge in [-0.1, -0.05) is 30.3 Å². The van der Waals surface area contributed by atoms with E-state index in [1.165, 1.54) is 7.11 Å². The van der Waals surface area contributed by atoms with Gasteiger partial charge in [0.25, 0.3) is 0 Å². The Labute approximate surface area is 122 Å². The minimum absolute atomic E-state index is 0.115. The van der Waals surface area contributed by atoms with Gasteiger partial charge in [0.2, 0.25) is 0 Å². The molecule has 0 aliphatic heterocycles. The van der Waals surface area contributed by atoms with Crippen LogP contribution in [0.4, 0.5) is 0 Å². The van der Waals surface area contributed by atoms with E-state index in [-0.39, 0.29) is 11.6 Å². The zero-order valence-corrected chi connectivity index (χ0v) is 11.8. The van der Waals surface area contributed by atoms with Gasteiger partial charge in [0, 0.05) is 22.3 Å². The molecule has 0 bridgehead atoms.